The summed E-state index contributed by atoms with van der Waals surface area (Å²) in [6.07, 6.45) is 3.51. The summed E-state index contributed by atoms with van der Waals surface area (Å²) in [4.78, 5) is 0.251. The molecule has 2 unspecified atom stereocenters. The molecule has 0 aliphatic heterocycles. The maximum atomic E-state index is 12.2. The molecule has 0 bridgehead atoms. The fourth-order valence-corrected chi connectivity index (χ4v) is 3.74. The standard InChI is InChI=1S/C14H22N2O2S/c1-10-4-3-5-12(10)9-16-19(17,18)13-7-6-11(2)14(15)8-13/h6-8,10,12,16H,3-5,9,15H2,1-2H3. The highest BCUT2D eigenvalue weighted by molar-refractivity contribution is 7.89. The molecule has 106 valence electrons. The fourth-order valence-electron chi connectivity index (χ4n) is 2.61. The van der Waals surface area contributed by atoms with Gasteiger partial charge in [-0.25, -0.2) is 13.1 Å². The van der Waals surface area contributed by atoms with E-state index in [-0.39, 0.29) is 4.90 Å². The topological polar surface area (TPSA) is 72.2 Å². The summed E-state index contributed by atoms with van der Waals surface area (Å²) in [5, 5.41) is 0. The number of rotatable bonds is 4. The van der Waals surface area contributed by atoms with Crippen LogP contribution in [0.15, 0.2) is 23.1 Å². The van der Waals surface area contributed by atoms with Crippen LogP contribution in [-0.2, 0) is 10.0 Å². The summed E-state index contributed by atoms with van der Waals surface area (Å²) in [6, 6.07) is 4.87. The molecule has 19 heavy (non-hydrogen) atoms. The van der Waals surface area contributed by atoms with Gasteiger partial charge in [-0.1, -0.05) is 25.8 Å². The van der Waals surface area contributed by atoms with Gasteiger partial charge in [0.1, 0.15) is 0 Å². The predicted octanol–water partition coefficient (Wildman–Crippen LogP) is 2.29. The number of nitrogens with one attached hydrogen (secondary N) is 1. The highest BCUT2D eigenvalue weighted by Gasteiger charge is 2.25. The van der Waals surface area contributed by atoms with Crippen LogP contribution < -0.4 is 10.5 Å². The first-order chi connectivity index (χ1) is 8.90. The molecule has 1 fully saturated rings. The molecule has 4 nitrogen and oxygen atoms in total. The van der Waals surface area contributed by atoms with Gasteiger partial charge in [-0.2, -0.15) is 0 Å². The second-order valence-electron chi connectivity index (χ2n) is 5.54. The lowest BCUT2D eigenvalue weighted by Gasteiger charge is -2.16. The van der Waals surface area contributed by atoms with Crippen LogP contribution >= 0.6 is 0 Å². The molecule has 2 atom stereocenters. The number of aryl methyl sites for hydroxylation is 1. The van der Waals surface area contributed by atoms with Gasteiger partial charge in [0, 0.05) is 12.2 Å². The Balaban J connectivity index is 2.07. The van der Waals surface area contributed by atoms with Crippen molar-refractivity contribution >= 4 is 15.7 Å². The number of sulfonamides is 1. The molecule has 0 aromatic heterocycles. The van der Waals surface area contributed by atoms with Crippen molar-refractivity contribution in [3.63, 3.8) is 0 Å². The highest BCUT2D eigenvalue weighted by atomic mass is 32.2. The van der Waals surface area contributed by atoms with E-state index >= 15 is 0 Å². The van der Waals surface area contributed by atoms with Gasteiger partial charge in [0.2, 0.25) is 10.0 Å². The summed E-state index contributed by atoms with van der Waals surface area (Å²) >= 11 is 0. The first kappa shape index (κ1) is 14.3. The van der Waals surface area contributed by atoms with Crippen LogP contribution in [0.3, 0.4) is 0 Å². The number of hydrogen-bond acceptors (Lipinski definition) is 3. The third-order valence-electron chi connectivity index (χ3n) is 4.14. The van der Waals surface area contributed by atoms with E-state index in [1.165, 1.54) is 18.9 Å². The van der Waals surface area contributed by atoms with Crippen molar-refractivity contribution in [1.82, 2.24) is 4.72 Å². The Bertz CT molecular complexity index is 555. The van der Waals surface area contributed by atoms with Crippen molar-refractivity contribution < 1.29 is 8.42 Å². The number of nitrogens with two attached hydrogens (primary N) is 1. The van der Waals surface area contributed by atoms with Gasteiger partial charge in [-0.05, 0) is 42.9 Å². The molecule has 1 aromatic carbocycles. The first-order valence-electron chi connectivity index (χ1n) is 6.76. The van der Waals surface area contributed by atoms with Crippen LogP contribution in [-0.4, -0.2) is 15.0 Å². The van der Waals surface area contributed by atoms with Crippen LogP contribution in [0.2, 0.25) is 0 Å². The van der Waals surface area contributed by atoms with Crippen LogP contribution in [0.5, 0.6) is 0 Å². The van der Waals surface area contributed by atoms with Crippen molar-refractivity contribution in [1.29, 1.82) is 0 Å². The smallest absolute Gasteiger partial charge is 0.240 e. The van der Waals surface area contributed by atoms with E-state index in [1.807, 2.05) is 6.92 Å². The van der Waals surface area contributed by atoms with Gasteiger partial charge in [0.15, 0.2) is 0 Å². The summed E-state index contributed by atoms with van der Waals surface area (Å²) in [5.74, 6) is 1.06. The normalized spacial score (nSPS) is 23.7. The summed E-state index contributed by atoms with van der Waals surface area (Å²) in [7, 11) is -3.44. The second-order valence-corrected chi connectivity index (χ2v) is 7.31. The molecule has 5 heteroatoms. The lowest BCUT2D eigenvalue weighted by atomic mass is 9.99. The van der Waals surface area contributed by atoms with Gasteiger partial charge in [-0.3, -0.25) is 0 Å². The van der Waals surface area contributed by atoms with Gasteiger partial charge in [0.25, 0.3) is 0 Å². The molecule has 3 N–H and O–H groups in total. The maximum absolute atomic E-state index is 12.2. The molecule has 0 saturated heterocycles. The zero-order chi connectivity index (χ0) is 14.0. The Morgan fingerprint density at radius 2 is 2.11 bits per heavy atom. The van der Waals surface area contributed by atoms with Crippen molar-refractivity contribution in [2.24, 2.45) is 11.8 Å². The molecule has 1 aliphatic rings. The van der Waals surface area contributed by atoms with Gasteiger partial charge in [-0.15, -0.1) is 0 Å². The van der Waals surface area contributed by atoms with Crippen molar-refractivity contribution in [3.8, 4) is 0 Å². The third-order valence-corrected chi connectivity index (χ3v) is 5.56. The molecular weight excluding hydrogens is 260 g/mol. The van der Waals surface area contributed by atoms with E-state index in [9.17, 15) is 8.42 Å². The van der Waals surface area contributed by atoms with Crippen LogP contribution in [0.4, 0.5) is 5.69 Å². The second kappa shape index (κ2) is 5.51. The molecule has 1 aromatic rings. The third kappa shape index (κ3) is 3.28. The van der Waals surface area contributed by atoms with E-state index in [0.717, 1.165) is 12.0 Å². The average Bonchev–Trinajstić information content (AvgIpc) is 2.76. The number of hydrogen-bond donors (Lipinski definition) is 2. The largest absolute Gasteiger partial charge is 0.398 e. The Hall–Kier alpha value is -1.07. The van der Waals surface area contributed by atoms with Crippen LogP contribution in [0, 0.1) is 18.8 Å². The minimum atomic E-state index is -3.44. The zero-order valence-electron chi connectivity index (χ0n) is 11.5. The number of anilines is 1. The van der Waals surface area contributed by atoms with Crippen molar-refractivity contribution in [2.45, 2.75) is 38.0 Å². The van der Waals surface area contributed by atoms with Gasteiger partial charge < -0.3 is 5.73 Å². The van der Waals surface area contributed by atoms with Gasteiger partial charge >= 0.3 is 0 Å². The monoisotopic (exact) mass is 282 g/mol. The molecule has 0 heterocycles. The molecule has 1 saturated carbocycles. The lowest BCUT2D eigenvalue weighted by molar-refractivity contribution is 0.414. The predicted molar refractivity (Wildman–Crippen MR) is 77.3 cm³/mol. The average molecular weight is 282 g/mol. The summed E-state index contributed by atoms with van der Waals surface area (Å²) in [5.41, 5.74) is 7.17. The van der Waals surface area contributed by atoms with E-state index in [4.69, 9.17) is 5.73 Å². The Morgan fingerprint density at radius 3 is 2.68 bits per heavy atom. The zero-order valence-corrected chi connectivity index (χ0v) is 12.3. The van der Waals surface area contributed by atoms with Crippen molar-refractivity contribution in [2.75, 3.05) is 12.3 Å². The summed E-state index contributed by atoms with van der Waals surface area (Å²) in [6.45, 7) is 4.58. The maximum Gasteiger partial charge on any atom is 0.240 e. The molecule has 0 spiro atoms. The van der Waals surface area contributed by atoms with Crippen LogP contribution in [0.25, 0.3) is 0 Å². The van der Waals surface area contributed by atoms with E-state index < -0.39 is 10.0 Å². The Kier molecular flexibility index (Phi) is 4.16. The first-order valence-corrected chi connectivity index (χ1v) is 8.24. The minimum absolute atomic E-state index is 0.251. The van der Waals surface area contributed by atoms with Crippen molar-refractivity contribution in [3.05, 3.63) is 23.8 Å². The Labute approximate surface area is 115 Å². The van der Waals surface area contributed by atoms with Gasteiger partial charge in [0.05, 0.1) is 4.90 Å². The highest BCUT2D eigenvalue weighted by Crippen LogP contribution is 2.30. The lowest BCUT2D eigenvalue weighted by Crippen LogP contribution is -2.30. The molecule has 0 radical (unpaired) electrons. The van der Waals surface area contributed by atoms with E-state index in [0.29, 0.717) is 24.1 Å². The number of benzene rings is 1. The van der Waals surface area contributed by atoms with E-state index in [2.05, 4.69) is 11.6 Å². The van der Waals surface area contributed by atoms with Crippen LogP contribution in [0.1, 0.15) is 31.7 Å². The molecule has 2 rings (SSSR count). The fraction of sp³-hybridized carbons (Fsp3) is 0.571. The quantitative estimate of drug-likeness (QED) is 0.832. The van der Waals surface area contributed by atoms with E-state index in [1.54, 1.807) is 12.1 Å². The minimum Gasteiger partial charge on any atom is -0.398 e. The Morgan fingerprint density at radius 1 is 1.37 bits per heavy atom. The summed E-state index contributed by atoms with van der Waals surface area (Å²) < 4.78 is 27.1. The SMILES string of the molecule is Cc1ccc(S(=O)(=O)NCC2CCCC2C)cc1N. The molecule has 0 amide bonds. The number of nitrogen functional groups attached to an aromatic ring is 1. The molecule has 1 aliphatic carbocycles. The molecular formula is C14H22N2O2S.